The van der Waals surface area contributed by atoms with E-state index < -0.39 is 5.92 Å². The third-order valence-electron chi connectivity index (χ3n) is 1.97. The summed E-state index contributed by atoms with van der Waals surface area (Å²) in [6.07, 6.45) is 1.34. The maximum Gasteiger partial charge on any atom is 0.203 e. The van der Waals surface area contributed by atoms with Crippen molar-refractivity contribution in [2.24, 2.45) is 11.8 Å². The summed E-state index contributed by atoms with van der Waals surface area (Å²) in [4.78, 5) is 11.7. The largest absolute Gasteiger partial charge is 0.452 e. The highest BCUT2D eigenvalue weighted by molar-refractivity contribution is 6.32. The number of carbonyl (C=O) groups excluding carboxylic acids is 1. The summed E-state index contributed by atoms with van der Waals surface area (Å²) in [7, 11) is 0. The minimum Gasteiger partial charge on any atom is -0.452 e. The zero-order valence-corrected chi connectivity index (χ0v) is 8.71. The molecular formula is C10H10ClNO2. The summed E-state index contributed by atoms with van der Waals surface area (Å²) in [6.45, 7) is 3.64. The van der Waals surface area contributed by atoms with Gasteiger partial charge in [0.05, 0.1) is 17.9 Å². The zero-order chi connectivity index (χ0) is 10.7. The Balaban J connectivity index is 2.96. The minimum atomic E-state index is -0.662. The van der Waals surface area contributed by atoms with E-state index in [9.17, 15) is 4.79 Å². The van der Waals surface area contributed by atoms with Crippen LogP contribution in [0, 0.1) is 23.2 Å². The van der Waals surface area contributed by atoms with Crippen molar-refractivity contribution < 1.29 is 9.21 Å². The third kappa shape index (κ3) is 1.97. The number of hydrogen-bond donors (Lipinski definition) is 0. The molecular weight excluding hydrogens is 202 g/mol. The fraction of sp³-hybridized carbons (Fsp3) is 0.400. The fourth-order valence-corrected chi connectivity index (χ4v) is 1.36. The molecule has 1 heterocycles. The quantitative estimate of drug-likeness (QED) is 0.723. The summed E-state index contributed by atoms with van der Waals surface area (Å²) in [5.74, 6) is -0.968. The molecule has 4 heteroatoms. The van der Waals surface area contributed by atoms with E-state index in [1.807, 2.05) is 19.9 Å². The lowest BCUT2D eigenvalue weighted by molar-refractivity contribution is 0.0924. The summed E-state index contributed by atoms with van der Waals surface area (Å²) in [6, 6.07) is 3.45. The van der Waals surface area contributed by atoms with Crippen molar-refractivity contribution in [1.82, 2.24) is 0 Å². The van der Waals surface area contributed by atoms with Gasteiger partial charge in [0.15, 0.2) is 5.78 Å². The van der Waals surface area contributed by atoms with Gasteiger partial charge in [0.1, 0.15) is 5.92 Å². The Morgan fingerprint density at radius 1 is 1.64 bits per heavy atom. The van der Waals surface area contributed by atoms with E-state index in [-0.39, 0.29) is 22.5 Å². The molecule has 0 spiro atoms. The number of carbonyl (C=O) groups is 1. The van der Waals surface area contributed by atoms with E-state index in [4.69, 9.17) is 21.3 Å². The molecule has 0 amide bonds. The predicted molar refractivity (Wildman–Crippen MR) is 52.0 cm³/mol. The first-order valence-corrected chi connectivity index (χ1v) is 4.62. The second kappa shape index (κ2) is 4.30. The van der Waals surface area contributed by atoms with Gasteiger partial charge in [-0.3, -0.25) is 4.79 Å². The van der Waals surface area contributed by atoms with Gasteiger partial charge in [-0.1, -0.05) is 13.8 Å². The standard InChI is InChI=1S/C10H10ClNO2/c1-6(2)8(5-12)9(13)7-3-4-14-10(7)11/h3-4,6,8H,1-2H3. The van der Waals surface area contributed by atoms with Crippen LogP contribution in [0.1, 0.15) is 24.2 Å². The zero-order valence-electron chi connectivity index (χ0n) is 7.95. The van der Waals surface area contributed by atoms with Crippen molar-refractivity contribution in [1.29, 1.82) is 5.26 Å². The van der Waals surface area contributed by atoms with Crippen LogP contribution < -0.4 is 0 Å². The van der Waals surface area contributed by atoms with Gasteiger partial charge in [0, 0.05) is 0 Å². The monoisotopic (exact) mass is 211 g/mol. The third-order valence-corrected chi connectivity index (χ3v) is 2.26. The highest BCUT2D eigenvalue weighted by Crippen LogP contribution is 2.23. The molecule has 1 atom stereocenters. The molecule has 1 rings (SSSR count). The molecule has 0 aliphatic heterocycles. The number of Topliss-reactive ketones (excluding diaryl/α,β-unsaturated/α-hetero) is 1. The van der Waals surface area contributed by atoms with Crippen molar-refractivity contribution in [2.45, 2.75) is 13.8 Å². The van der Waals surface area contributed by atoms with E-state index in [1.165, 1.54) is 12.3 Å². The molecule has 0 aromatic carbocycles. The smallest absolute Gasteiger partial charge is 0.203 e. The van der Waals surface area contributed by atoms with Crippen LogP contribution in [0.5, 0.6) is 0 Å². The molecule has 0 fully saturated rings. The normalized spacial score (nSPS) is 12.5. The Bertz CT molecular complexity index is 376. The van der Waals surface area contributed by atoms with E-state index >= 15 is 0 Å². The van der Waals surface area contributed by atoms with Crippen LogP contribution in [0.3, 0.4) is 0 Å². The van der Waals surface area contributed by atoms with E-state index in [0.29, 0.717) is 0 Å². The molecule has 0 saturated heterocycles. The molecule has 0 N–H and O–H groups in total. The SMILES string of the molecule is CC(C)C(C#N)C(=O)c1ccoc1Cl. The number of nitriles is 1. The maximum absolute atomic E-state index is 11.7. The van der Waals surface area contributed by atoms with E-state index in [2.05, 4.69) is 0 Å². The molecule has 0 aliphatic carbocycles. The topological polar surface area (TPSA) is 54.0 Å². The number of hydrogen-bond acceptors (Lipinski definition) is 3. The highest BCUT2D eigenvalue weighted by Gasteiger charge is 2.25. The van der Waals surface area contributed by atoms with Crippen molar-refractivity contribution in [3.63, 3.8) is 0 Å². The van der Waals surface area contributed by atoms with Crippen molar-refractivity contribution in [3.05, 3.63) is 23.1 Å². The van der Waals surface area contributed by atoms with E-state index in [1.54, 1.807) is 0 Å². The molecule has 1 unspecified atom stereocenters. The summed E-state index contributed by atoms with van der Waals surface area (Å²) in [5.41, 5.74) is 0.284. The second-order valence-corrected chi connectivity index (χ2v) is 3.67. The van der Waals surface area contributed by atoms with Gasteiger partial charge < -0.3 is 4.42 Å². The molecule has 0 bridgehead atoms. The predicted octanol–water partition coefficient (Wildman–Crippen LogP) is 2.91. The Kier molecular flexibility index (Phi) is 3.32. The van der Waals surface area contributed by atoms with Crippen LogP contribution in [-0.2, 0) is 0 Å². The van der Waals surface area contributed by atoms with Crippen LogP contribution in [-0.4, -0.2) is 5.78 Å². The number of nitrogens with zero attached hydrogens (tertiary/aromatic N) is 1. The Labute approximate surface area is 87.3 Å². The first-order chi connectivity index (χ1) is 6.57. The van der Waals surface area contributed by atoms with Gasteiger partial charge in [-0.05, 0) is 23.6 Å². The molecule has 3 nitrogen and oxygen atoms in total. The van der Waals surface area contributed by atoms with Crippen LogP contribution in [0.2, 0.25) is 5.22 Å². The van der Waals surface area contributed by atoms with Gasteiger partial charge in [0.2, 0.25) is 5.22 Å². The average Bonchev–Trinajstić information content (AvgIpc) is 2.51. The Morgan fingerprint density at radius 3 is 2.64 bits per heavy atom. The lowest BCUT2D eigenvalue weighted by atomic mass is 9.90. The Morgan fingerprint density at radius 2 is 2.29 bits per heavy atom. The first kappa shape index (κ1) is 10.8. The molecule has 1 aromatic heterocycles. The van der Waals surface area contributed by atoms with Gasteiger partial charge in [-0.2, -0.15) is 5.26 Å². The van der Waals surface area contributed by atoms with Crippen LogP contribution >= 0.6 is 11.6 Å². The van der Waals surface area contributed by atoms with Crippen LogP contribution in [0.4, 0.5) is 0 Å². The van der Waals surface area contributed by atoms with E-state index in [0.717, 1.165) is 0 Å². The lowest BCUT2D eigenvalue weighted by Gasteiger charge is -2.09. The van der Waals surface area contributed by atoms with Gasteiger partial charge in [-0.15, -0.1) is 0 Å². The molecule has 74 valence electrons. The molecule has 0 saturated carbocycles. The molecule has 0 radical (unpaired) electrons. The lowest BCUT2D eigenvalue weighted by Crippen LogP contribution is -2.18. The number of furan rings is 1. The fourth-order valence-electron chi connectivity index (χ4n) is 1.15. The van der Waals surface area contributed by atoms with Crippen molar-refractivity contribution in [2.75, 3.05) is 0 Å². The molecule has 14 heavy (non-hydrogen) atoms. The Hall–Kier alpha value is -1.27. The van der Waals surface area contributed by atoms with Crippen molar-refractivity contribution >= 4 is 17.4 Å². The summed E-state index contributed by atoms with van der Waals surface area (Å²) in [5, 5.41) is 8.86. The van der Waals surface area contributed by atoms with Gasteiger partial charge in [-0.25, -0.2) is 0 Å². The molecule has 0 aliphatic rings. The van der Waals surface area contributed by atoms with Gasteiger partial charge in [0.25, 0.3) is 0 Å². The maximum atomic E-state index is 11.7. The van der Waals surface area contributed by atoms with Crippen molar-refractivity contribution in [3.8, 4) is 6.07 Å². The number of rotatable bonds is 3. The van der Waals surface area contributed by atoms with Crippen LogP contribution in [0.15, 0.2) is 16.7 Å². The minimum absolute atomic E-state index is 0.0292. The number of ketones is 1. The summed E-state index contributed by atoms with van der Waals surface area (Å²) < 4.78 is 4.80. The summed E-state index contributed by atoms with van der Waals surface area (Å²) >= 11 is 5.64. The average molecular weight is 212 g/mol. The number of halogens is 1. The van der Waals surface area contributed by atoms with Gasteiger partial charge >= 0.3 is 0 Å². The highest BCUT2D eigenvalue weighted by atomic mass is 35.5. The molecule has 1 aromatic rings. The second-order valence-electron chi connectivity index (χ2n) is 3.32. The van der Waals surface area contributed by atoms with Crippen LogP contribution in [0.25, 0.3) is 0 Å². The first-order valence-electron chi connectivity index (χ1n) is 4.24.